The van der Waals surface area contributed by atoms with Crippen LogP contribution in [0.4, 0.5) is 0 Å². The second kappa shape index (κ2) is 8.04. The van der Waals surface area contributed by atoms with E-state index in [0.29, 0.717) is 0 Å². The van der Waals surface area contributed by atoms with Crippen molar-refractivity contribution in [3.63, 3.8) is 0 Å². The lowest BCUT2D eigenvalue weighted by Gasteiger charge is -2.18. The zero-order chi connectivity index (χ0) is 12.5. The Balaban J connectivity index is 2.25. The van der Waals surface area contributed by atoms with Crippen molar-refractivity contribution >= 4 is 0 Å². The molecule has 0 fully saturated rings. The summed E-state index contributed by atoms with van der Waals surface area (Å²) in [5.74, 6) is 0. The summed E-state index contributed by atoms with van der Waals surface area (Å²) in [7, 11) is 2.14. The van der Waals surface area contributed by atoms with E-state index in [2.05, 4.69) is 61.1 Å². The molecule has 1 aromatic carbocycles. The Kier molecular flexibility index (Phi) is 6.60. The molecule has 0 saturated heterocycles. The second-order valence-corrected chi connectivity index (χ2v) is 4.58. The van der Waals surface area contributed by atoms with Gasteiger partial charge in [0.1, 0.15) is 0 Å². The van der Waals surface area contributed by atoms with Gasteiger partial charge in [0, 0.05) is 19.6 Å². The largest absolute Gasteiger partial charge is 0.313 e. The Morgan fingerprint density at radius 1 is 1.29 bits per heavy atom. The van der Waals surface area contributed by atoms with E-state index in [1.807, 2.05) is 0 Å². The summed E-state index contributed by atoms with van der Waals surface area (Å²) in [5.41, 5.74) is 2.60. The molecule has 0 aliphatic rings. The molecule has 17 heavy (non-hydrogen) atoms. The molecule has 0 aliphatic heterocycles. The van der Waals surface area contributed by atoms with Crippen LogP contribution in [0.25, 0.3) is 0 Å². The highest BCUT2D eigenvalue weighted by atomic mass is 15.1. The summed E-state index contributed by atoms with van der Waals surface area (Å²) in [4.78, 5) is 2.30. The van der Waals surface area contributed by atoms with E-state index >= 15 is 0 Å². The van der Waals surface area contributed by atoms with E-state index in [4.69, 9.17) is 0 Å². The Morgan fingerprint density at radius 2 is 2.00 bits per heavy atom. The molecule has 0 heterocycles. The van der Waals surface area contributed by atoms with Gasteiger partial charge in [-0.25, -0.2) is 0 Å². The molecule has 1 aromatic rings. The molecular weight excluding hydrogens is 208 g/mol. The van der Waals surface area contributed by atoms with Crippen molar-refractivity contribution in [2.45, 2.75) is 19.9 Å². The van der Waals surface area contributed by atoms with Gasteiger partial charge in [0.25, 0.3) is 0 Å². The molecule has 0 unspecified atom stereocenters. The third-order valence-corrected chi connectivity index (χ3v) is 2.59. The maximum atomic E-state index is 4.10. The van der Waals surface area contributed by atoms with Gasteiger partial charge in [-0.15, -0.1) is 0 Å². The summed E-state index contributed by atoms with van der Waals surface area (Å²) in [6.07, 6.45) is 1.17. The molecule has 0 aromatic heterocycles. The first-order valence-corrected chi connectivity index (χ1v) is 6.32. The first-order valence-electron chi connectivity index (χ1n) is 6.32. The van der Waals surface area contributed by atoms with Crippen molar-refractivity contribution in [1.82, 2.24) is 10.2 Å². The van der Waals surface area contributed by atoms with Crippen molar-refractivity contribution in [2.24, 2.45) is 0 Å². The minimum atomic E-state index is 0.924. The highest BCUT2D eigenvalue weighted by Crippen LogP contribution is 2.04. The van der Waals surface area contributed by atoms with Crippen molar-refractivity contribution < 1.29 is 0 Å². The zero-order valence-electron chi connectivity index (χ0n) is 11.1. The minimum absolute atomic E-state index is 0.924. The number of hydrogen-bond donors (Lipinski definition) is 1. The molecule has 2 heteroatoms. The number of rotatable bonds is 8. The summed E-state index contributed by atoms with van der Waals surface area (Å²) in [5, 5.41) is 3.38. The van der Waals surface area contributed by atoms with Crippen LogP contribution >= 0.6 is 0 Å². The van der Waals surface area contributed by atoms with E-state index in [1.165, 1.54) is 17.6 Å². The quantitative estimate of drug-likeness (QED) is 0.547. The lowest BCUT2D eigenvalue weighted by molar-refractivity contribution is 0.352. The van der Waals surface area contributed by atoms with Gasteiger partial charge in [-0.1, -0.05) is 43.8 Å². The Hall–Kier alpha value is -1.12. The van der Waals surface area contributed by atoms with E-state index in [0.717, 1.165) is 26.2 Å². The van der Waals surface area contributed by atoms with Crippen molar-refractivity contribution in [2.75, 3.05) is 26.7 Å². The molecule has 0 aliphatic carbocycles. The second-order valence-electron chi connectivity index (χ2n) is 4.58. The normalized spacial score (nSPS) is 10.8. The van der Waals surface area contributed by atoms with Crippen LogP contribution in [0.3, 0.4) is 0 Å². The molecule has 0 amide bonds. The highest BCUT2D eigenvalue weighted by molar-refractivity contribution is 5.14. The highest BCUT2D eigenvalue weighted by Gasteiger charge is 2.02. The van der Waals surface area contributed by atoms with Crippen LogP contribution < -0.4 is 5.32 Å². The fourth-order valence-corrected chi connectivity index (χ4v) is 1.83. The number of likely N-dealkylation sites (N-methyl/N-ethyl adjacent to an activating group) is 1. The SMILES string of the molecule is C=C(CNCCC)CN(C)Cc1ccccc1. The average molecular weight is 232 g/mol. The molecule has 0 radical (unpaired) electrons. The maximum absolute atomic E-state index is 4.10. The van der Waals surface area contributed by atoms with Crippen LogP contribution in [0, 0.1) is 0 Å². The first kappa shape index (κ1) is 13.9. The summed E-state index contributed by atoms with van der Waals surface area (Å²) in [6, 6.07) is 10.5. The number of hydrogen-bond acceptors (Lipinski definition) is 2. The zero-order valence-corrected chi connectivity index (χ0v) is 11.1. The van der Waals surface area contributed by atoms with Crippen molar-refractivity contribution in [3.8, 4) is 0 Å². The third-order valence-electron chi connectivity index (χ3n) is 2.59. The molecule has 0 saturated carbocycles. The Labute approximate surface area is 105 Å². The lowest BCUT2D eigenvalue weighted by atomic mass is 10.2. The van der Waals surface area contributed by atoms with Gasteiger partial charge in [-0.2, -0.15) is 0 Å². The predicted molar refractivity (Wildman–Crippen MR) is 75.1 cm³/mol. The van der Waals surface area contributed by atoms with E-state index < -0.39 is 0 Å². The van der Waals surface area contributed by atoms with Crippen LogP contribution in [0.2, 0.25) is 0 Å². The van der Waals surface area contributed by atoms with Crippen molar-refractivity contribution in [1.29, 1.82) is 0 Å². The molecular formula is C15H24N2. The smallest absolute Gasteiger partial charge is 0.0234 e. The van der Waals surface area contributed by atoms with Gasteiger partial charge < -0.3 is 5.32 Å². The van der Waals surface area contributed by atoms with E-state index in [-0.39, 0.29) is 0 Å². The van der Waals surface area contributed by atoms with Gasteiger partial charge >= 0.3 is 0 Å². The first-order chi connectivity index (χ1) is 8.22. The van der Waals surface area contributed by atoms with Crippen LogP contribution in [0.5, 0.6) is 0 Å². The average Bonchev–Trinajstić information content (AvgIpc) is 2.30. The topological polar surface area (TPSA) is 15.3 Å². The molecule has 1 rings (SSSR count). The molecule has 0 atom stereocenters. The predicted octanol–water partition coefficient (Wildman–Crippen LogP) is 2.67. The Bertz CT molecular complexity index is 319. The monoisotopic (exact) mass is 232 g/mol. The van der Waals surface area contributed by atoms with Crippen LogP contribution in [-0.2, 0) is 6.54 Å². The molecule has 94 valence electrons. The summed E-state index contributed by atoms with van der Waals surface area (Å²) >= 11 is 0. The summed E-state index contributed by atoms with van der Waals surface area (Å²) < 4.78 is 0. The number of nitrogens with zero attached hydrogens (tertiary/aromatic N) is 1. The molecule has 1 N–H and O–H groups in total. The minimum Gasteiger partial charge on any atom is -0.313 e. The fourth-order valence-electron chi connectivity index (χ4n) is 1.83. The van der Waals surface area contributed by atoms with Crippen LogP contribution in [0.1, 0.15) is 18.9 Å². The molecule has 0 bridgehead atoms. The summed E-state index contributed by atoms with van der Waals surface area (Å²) in [6.45, 7) is 10.2. The molecule has 0 spiro atoms. The van der Waals surface area contributed by atoms with Gasteiger partial charge in [0.15, 0.2) is 0 Å². The van der Waals surface area contributed by atoms with Gasteiger partial charge in [-0.3, -0.25) is 4.90 Å². The van der Waals surface area contributed by atoms with Gasteiger partial charge in [-0.05, 0) is 31.1 Å². The third kappa shape index (κ3) is 6.25. The number of nitrogens with one attached hydrogen (secondary N) is 1. The van der Waals surface area contributed by atoms with Gasteiger partial charge in [0.2, 0.25) is 0 Å². The maximum Gasteiger partial charge on any atom is 0.0234 e. The Morgan fingerprint density at radius 3 is 2.65 bits per heavy atom. The fraction of sp³-hybridized carbons (Fsp3) is 0.467. The molecule has 2 nitrogen and oxygen atoms in total. The standard InChI is InChI=1S/C15H24N2/c1-4-10-16-11-14(2)12-17(3)13-15-8-6-5-7-9-15/h5-9,16H,2,4,10-13H2,1,3H3. The van der Waals surface area contributed by atoms with Gasteiger partial charge in [0.05, 0.1) is 0 Å². The van der Waals surface area contributed by atoms with Crippen molar-refractivity contribution in [3.05, 3.63) is 48.0 Å². The van der Waals surface area contributed by atoms with Crippen LogP contribution in [-0.4, -0.2) is 31.6 Å². The van der Waals surface area contributed by atoms with E-state index in [1.54, 1.807) is 0 Å². The number of benzene rings is 1. The van der Waals surface area contributed by atoms with Crippen LogP contribution in [0.15, 0.2) is 42.5 Å². The lowest BCUT2D eigenvalue weighted by Crippen LogP contribution is -2.26. The van der Waals surface area contributed by atoms with E-state index in [9.17, 15) is 0 Å².